The van der Waals surface area contributed by atoms with E-state index in [0.29, 0.717) is 30.0 Å². The standard InChI is InChI=1S/C22H22ClF2N3O3/c1-12(10-22(2,3)28-21(29)30)11-31-18-5-4-16(27-20(18)23)14-6-7-26-17-9-13(24)8-15(25)19(14)17/h4-9,12,28H,10-11H2,1-3H3,(H,29,30). The van der Waals surface area contributed by atoms with Crippen LogP contribution in [0.4, 0.5) is 13.6 Å². The van der Waals surface area contributed by atoms with Gasteiger partial charge in [-0.2, -0.15) is 0 Å². The first-order chi connectivity index (χ1) is 14.6. The molecule has 0 aliphatic carbocycles. The fourth-order valence-electron chi connectivity index (χ4n) is 3.60. The fraction of sp³-hybridized carbons (Fsp3) is 0.318. The van der Waals surface area contributed by atoms with Crippen LogP contribution in [0.2, 0.25) is 5.15 Å². The highest BCUT2D eigenvalue weighted by molar-refractivity contribution is 6.31. The topological polar surface area (TPSA) is 84.3 Å². The Hall–Kier alpha value is -3.00. The van der Waals surface area contributed by atoms with Crippen LogP contribution in [-0.4, -0.2) is 33.3 Å². The second-order valence-corrected chi connectivity index (χ2v) is 8.42. The van der Waals surface area contributed by atoms with Crippen LogP contribution in [-0.2, 0) is 0 Å². The van der Waals surface area contributed by atoms with Crippen molar-refractivity contribution in [3.8, 4) is 17.0 Å². The molecule has 0 saturated heterocycles. The van der Waals surface area contributed by atoms with E-state index < -0.39 is 23.3 Å². The lowest BCUT2D eigenvalue weighted by Gasteiger charge is -2.28. The molecule has 0 fully saturated rings. The Kier molecular flexibility index (Phi) is 6.59. The SMILES string of the molecule is CC(COc1ccc(-c2ccnc3cc(F)cc(F)c23)nc1Cl)CC(C)(C)NC(=O)O. The van der Waals surface area contributed by atoms with Gasteiger partial charge in [-0.3, -0.25) is 4.98 Å². The number of pyridine rings is 2. The quantitative estimate of drug-likeness (QED) is 0.453. The zero-order chi connectivity index (χ0) is 22.8. The molecule has 1 aromatic carbocycles. The number of carboxylic acid groups (broad SMARTS) is 1. The number of hydrogen-bond acceptors (Lipinski definition) is 4. The number of nitrogens with one attached hydrogen (secondary N) is 1. The molecule has 2 N–H and O–H groups in total. The maximum atomic E-state index is 14.4. The Morgan fingerprint density at radius 1 is 1.29 bits per heavy atom. The molecule has 2 aromatic heterocycles. The monoisotopic (exact) mass is 449 g/mol. The molecular weight excluding hydrogens is 428 g/mol. The molecule has 0 aliphatic heterocycles. The maximum absolute atomic E-state index is 14.4. The minimum absolute atomic E-state index is 0.0331. The van der Waals surface area contributed by atoms with Crippen molar-refractivity contribution in [2.24, 2.45) is 5.92 Å². The second kappa shape index (κ2) is 9.01. The largest absolute Gasteiger partial charge is 0.490 e. The summed E-state index contributed by atoms with van der Waals surface area (Å²) >= 11 is 6.29. The number of rotatable bonds is 7. The van der Waals surface area contributed by atoms with Gasteiger partial charge < -0.3 is 15.2 Å². The first-order valence-corrected chi connectivity index (χ1v) is 9.98. The van der Waals surface area contributed by atoms with E-state index in [1.807, 2.05) is 6.92 Å². The van der Waals surface area contributed by atoms with E-state index in [9.17, 15) is 13.6 Å². The lowest BCUT2D eigenvalue weighted by Crippen LogP contribution is -2.44. The average molecular weight is 450 g/mol. The summed E-state index contributed by atoms with van der Waals surface area (Å²) in [5.74, 6) is -1.06. The molecule has 1 amide bonds. The van der Waals surface area contributed by atoms with E-state index in [1.54, 1.807) is 32.0 Å². The number of fused-ring (bicyclic) bond motifs is 1. The van der Waals surface area contributed by atoms with Crippen LogP contribution in [0, 0.1) is 17.6 Å². The van der Waals surface area contributed by atoms with Crippen LogP contribution >= 0.6 is 11.6 Å². The number of halogens is 3. The Morgan fingerprint density at radius 2 is 2.03 bits per heavy atom. The van der Waals surface area contributed by atoms with Crippen molar-refractivity contribution in [1.29, 1.82) is 0 Å². The van der Waals surface area contributed by atoms with Gasteiger partial charge in [0.1, 0.15) is 11.6 Å². The molecule has 1 unspecified atom stereocenters. The Balaban J connectivity index is 1.77. The smallest absolute Gasteiger partial charge is 0.405 e. The van der Waals surface area contributed by atoms with Crippen LogP contribution in [0.3, 0.4) is 0 Å². The number of hydrogen-bond donors (Lipinski definition) is 2. The molecule has 0 spiro atoms. The molecule has 31 heavy (non-hydrogen) atoms. The fourth-order valence-corrected chi connectivity index (χ4v) is 3.81. The zero-order valence-electron chi connectivity index (χ0n) is 17.2. The third-order valence-corrected chi connectivity index (χ3v) is 4.95. The number of amides is 1. The normalized spacial score (nSPS) is 12.6. The summed E-state index contributed by atoms with van der Waals surface area (Å²) in [6.45, 7) is 5.83. The highest BCUT2D eigenvalue weighted by Gasteiger charge is 2.23. The summed E-state index contributed by atoms with van der Waals surface area (Å²) in [5.41, 5.74) is 0.410. The number of benzene rings is 1. The first kappa shape index (κ1) is 22.7. The number of nitrogens with zero attached hydrogens (tertiary/aromatic N) is 2. The summed E-state index contributed by atoms with van der Waals surface area (Å²) in [5, 5.41) is 11.6. The van der Waals surface area contributed by atoms with Gasteiger partial charge in [0.25, 0.3) is 0 Å². The van der Waals surface area contributed by atoms with Gasteiger partial charge in [0.05, 0.1) is 17.8 Å². The molecule has 2 heterocycles. The minimum Gasteiger partial charge on any atom is -0.490 e. The van der Waals surface area contributed by atoms with Crippen molar-refractivity contribution in [3.05, 3.63) is 53.3 Å². The summed E-state index contributed by atoms with van der Waals surface area (Å²) in [7, 11) is 0. The molecule has 1 atom stereocenters. The summed E-state index contributed by atoms with van der Waals surface area (Å²) in [6, 6.07) is 6.81. The zero-order valence-corrected chi connectivity index (χ0v) is 18.0. The summed E-state index contributed by atoms with van der Waals surface area (Å²) in [6.07, 6.45) is 0.927. The van der Waals surface area contributed by atoms with Gasteiger partial charge in [-0.25, -0.2) is 18.6 Å². The third kappa shape index (κ3) is 5.58. The predicted molar refractivity (Wildman–Crippen MR) is 114 cm³/mol. The van der Waals surface area contributed by atoms with Crippen molar-refractivity contribution in [2.45, 2.75) is 32.7 Å². The molecule has 0 radical (unpaired) electrons. The van der Waals surface area contributed by atoms with Crippen molar-refractivity contribution in [2.75, 3.05) is 6.61 Å². The summed E-state index contributed by atoms with van der Waals surface area (Å²) in [4.78, 5) is 19.2. The molecule has 0 bridgehead atoms. The molecule has 3 aromatic rings. The minimum atomic E-state index is -1.08. The van der Waals surface area contributed by atoms with Crippen molar-refractivity contribution >= 4 is 28.6 Å². The van der Waals surface area contributed by atoms with E-state index in [4.69, 9.17) is 21.4 Å². The van der Waals surface area contributed by atoms with Crippen molar-refractivity contribution < 1.29 is 23.4 Å². The van der Waals surface area contributed by atoms with Crippen LogP contribution in [0.15, 0.2) is 36.5 Å². The van der Waals surface area contributed by atoms with E-state index >= 15 is 0 Å². The Morgan fingerprint density at radius 3 is 2.71 bits per heavy atom. The van der Waals surface area contributed by atoms with Crippen LogP contribution in [0.25, 0.3) is 22.2 Å². The third-order valence-electron chi connectivity index (χ3n) is 4.68. The maximum Gasteiger partial charge on any atom is 0.405 e. The summed E-state index contributed by atoms with van der Waals surface area (Å²) < 4.78 is 33.6. The van der Waals surface area contributed by atoms with E-state index in [2.05, 4.69) is 15.3 Å². The molecular formula is C22H22ClF2N3O3. The van der Waals surface area contributed by atoms with Gasteiger partial charge in [0, 0.05) is 34.8 Å². The van der Waals surface area contributed by atoms with Crippen LogP contribution < -0.4 is 10.1 Å². The van der Waals surface area contributed by atoms with Gasteiger partial charge in [-0.05, 0) is 44.4 Å². The second-order valence-electron chi connectivity index (χ2n) is 8.06. The van der Waals surface area contributed by atoms with Crippen LogP contribution in [0.1, 0.15) is 27.2 Å². The van der Waals surface area contributed by atoms with E-state index in [0.717, 1.165) is 12.1 Å². The van der Waals surface area contributed by atoms with Gasteiger partial charge in [-0.15, -0.1) is 0 Å². The van der Waals surface area contributed by atoms with Gasteiger partial charge >= 0.3 is 6.09 Å². The lowest BCUT2D eigenvalue weighted by molar-refractivity contribution is 0.169. The van der Waals surface area contributed by atoms with Crippen molar-refractivity contribution in [1.82, 2.24) is 15.3 Å². The number of ether oxygens (including phenoxy) is 1. The molecule has 9 heteroatoms. The highest BCUT2D eigenvalue weighted by atomic mass is 35.5. The molecule has 0 saturated carbocycles. The molecule has 6 nitrogen and oxygen atoms in total. The lowest BCUT2D eigenvalue weighted by atomic mass is 9.92. The average Bonchev–Trinajstić information content (AvgIpc) is 2.64. The van der Waals surface area contributed by atoms with Crippen molar-refractivity contribution in [3.63, 3.8) is 0 Å². The van der Waals surface area contributed by atoms with Gasteiger partial charge in [0.2, 0.25) is 0 Å². The van der Waals surface area contributed by atoms with Gasteiger partial charge in [-0.1, -0.05) is 18.5 Å². The van der Waals surface area contributed by atoms with E-state index in [-0.39, 0.29) is 22.0 Å². The Bertz CT molecular complexity index is 1120. The van der Waals surface area contributed by atoms with Crippen LogP contribution in [0.5, 0.6) is 5.75 Å². The Labute approximate surface area is 183 Å². The number of aromatic nitrogens is 2. The highest BCUT2D eigenvalue weighted by Crippen LogP contribution is 2.32. The molecule has 0 aliphatic rings. The number of carbonyl (C=O) groups is 1. The molecule has 3 rings (SSSR count). The molecule has 164 valence electrons. The first-order valence-electron chi connectivity index (χ1n) is 9.60. The predicted octanol–water partition coefficient (Wildman–Crippen LogP) is 5.68. The van der Waals surface area contributed by atoms with E-state index in [1.165, 1.54) is 6.20 Å². The van der Waals surface area contributed by atoms with Gasteiger partial charge in [0.15, 0.2) is 10.9 Å².